The monoisotopic (exact) mass is 810 g/mol. The third kappa shape index (κ3) is 39.9. The van der Waals surface area contributed by atoms with Gasteiger partial charge in [0.15, 0.2) is 0 Å². The fraction of sp³-hybridized carbons (Fsp3) is 0.733. The van der Waals surface area contributed by atoms with Gasteiger partial charge < -0.3 is 25.2 Å². The number of ether oxygens (including phenoxy) is 2. The van der Waals surface area contributed by atoms with Gasteiger partial charge in [0.25, 0.3) is 0 Å². The molecule has 324 valence electrons. The molecule has 0 aliphatic carbocycles. The predicted molar refractivity (Wildman–Crippen MR) is 231 cm³/mol. The summed E-state index contributed by atoms with van der Waals surface area (Å²) in [4.78, 5) is 33.5. The number of allylic oxidation sites excluding steroid dienone is 10. The maximum absolute atomic E-state index is 12.6. The summed E-state index contributed by atoms with van der Waals surface area (Å²) in [5.41, 5.74) is 5.35. The molecule has 0 rings (SSSR count). The van der Waals surface area contributed by atoms with Crippen molar-refractivity contribution < 1.29 is 42.7 Å². The molecule has 11 heteroatoms. The molecular weight excluding hydrogens is 729 g/mol. The van der Waals surface area contributed by atoms with Crippen LogP contribution in [-0.4, -0.2) is 60.5 Å². The van der Waals surface area contributed by atoms with Gasteiger partial charge in [-0.05, 0) is 77.0 Å². The number of esters is 1. The molecule has 56 heavy (non-hydrogen) atoms. The molecule has 0 spiro atoms. The molecule has 0 aliphatic rings. The van der Waals surface area contributed by atoms with E-state index in [1.54, 1.807) is 0 Å². The molecule has 0 bridgehead atoms. The smallest absolute Gasteiger partial charge is 0.472 e. The van der Waals surface area contributed by atoms with Crippen LogP contribution in [0.15, 0.2) is 60.8 Å². The Balaban J connectivity index is 4.30. The van der Waals surface area contributed by atoms with E-state index in [-0.39, 0.29) is 13.0 Å². The van der Waals surface area contributed by atoms with Gasteiger partial charge in [-0.2, -0.15) is 0 Å². The van der Waals surface area contributed by atoms with E-state index < -0.39 is 45.1 Å². The lowest BCUT2D eigenvalue weighted by atomic mass is 10.1. The molecule has 0 amide bonds. The van der Waals surface area contributed by atoms with Gasteiger partial charge in [-0.1, -0.05) is 152 Å². The topological polar surface area (TPSA) is 155 Å². The van der Waals surface area contributed by atoms with Crippen LogP contribution in [0.2, 0.25) is 0 Å². The molecule has 0 radical (unpaired) electrons. The number of carboxylic acids is 1. The largest absolute Gasteiger partial charge is 0.480 e. The van der Waals surface area contributed by atoms with Crippen molar-refractivity contribution in [3.63, 3.8) is 0 Å². The Morgan fingerprint density at radius 3 is 1.57 bits per heavy atom. The molecule has 0 aromatic carbocycles. The van der Waals surface area contributed by atoms with Crippen LogP contribution in [0.25, 0.3) is 0 Å². The van der Waals surface area contributed by atoms with E-state index in [0.29, 0.717) is 13.0 Å². The lowest BCUT2D eigenvalue weighted by molar-refractivity contribution is -0.154. The fourth-order valence-corrected chi connectivity index (χ4v) is 6.43. The normalized spacial score (nSPS) is 14.5. The summed E-state index contributed by atoms with van der Waals surface area (Å²) in [7, 11) is -4.63. The van der Waals surface area contributed by atoms with Crippen molar-refractivity contribution in [2.75, 3.05) is 26.4 Å². The number of phosphoric ester groups is 1. The average Bonchev–Trinajstić information content (AvgIpc) is 3.18. The van der Waals surface area contributed by atoms with Gasteiger partial charge >= 0.3 is 19.8 Å². The number of carboxylic acid groups (broad SMARTS) is 1. The Morgan fingerprint density at radius 2 is 1.04 bits per heavy atom. The number of carbonyl (C=O) groups is 2. The summed E-state index contributed by atoms with van der Waals surface area (Å²) in [5.74, 6) is -1.80. The van der Waals surface area contributed by atoms with Gasteiger partial charge in [0.05, 0.1) is 19.8 Å². The zero-order chi connectivity index (χ0) is 41.2. The molecule has 0 saturated heterocycles. The Kier molecular flexibility index (Phi) is 39.2. The van der Waals surface area contributed by atoms with Crippen molar-refractivity contribution in [3.05, 3.63) is 60.8 Å². The Labute approximate surface area is 341 Å². The van der Waals surface area contributed by atoms with Crippen LogP contribution in [0.4, 0.5) is 0 Å². The zero-order valence-corrected chi connectivity index (χ0v) is 36.1. The van der Waals surface area contributed by atoms with Crippen LogP contribution in [0.3, 0.4) is 0 Å². The molecule has 3 atom stereocenters. The van der Waals surface area contributed by atoms with E-state index in [4.69, 9.17) is 29.4 Å². The number of unbranched alkanes of at least 4 members (excludes halogenated alkanes) is 17. The van der Waals surface area contributed by atoms with Crippen molar-refractivity contribution in [1.29, 1.82) is 0 Å². The lowest BCUT2D eigenvalue weighted by Gasteiger charge is -2.20. The Morgan fingerprint density at radius 1 is 0.589 bits per heavy atom. The highest BCUT2D eigenvalue weighted by atomic mass is 31.2. The van der Waals surface area contributed by atoms with Crippen molar-refractivity contribution in [2.24, 2.45) is 5.73 Å². The maximum atomic E-state index is 12.6. The van der Waals surface area contributed by atoms with E-state index in [0.717, 1.165) is 77.0 Å². The molecule has 4 N–H and O–H groups in total. The molecule has 0 fully saturated rings. The first kappa shape index (κ1) is 53.7. The molecule has 0 saturated carbocycles. The number of hydrogen-bond donors (Lipinski definition) is 3. The Bertz CT molecular complexity index is 1120. The van der Waals surface area contributed by atoms with E-state index in [1.165, 1.54) is 70.6 Å². The quantitative estimate of drug-likeness (QED) is 0.0235. The molecule has 0 aromatic rings. The van der Waals surface area contributed by atoms with E-state index in [9.17, 15) is 19.0 Å². The summed E-state index contributed by atoms with van der Waals surface area (Å²) in [6.45, 7) is 3.68. The molecule has 0 aromatic heterocycles. The number of hydrogen-bond acceptors (Lipinski definition) is 8. The van der Waals surface area contributed by atoms with Crippen LogP contribution in [0.5, 0.6) is 0 Å². The number of rotatable bonds is 41. The van der Waals surface area contributed by atoms with E-state index >= 15 is 0 Å². The second kappa shape index (κ2) is 40.9. The highest BCUT2D eigenvalue weighted by Crippen LogP contribution is 2.43. The first-order valence-corrected chi connectivity index (χ1v) is 23.3. The number of phosphoric acid groups is 1. The van der Waals surface area contributed by atoms with Crippen molar-refractivity contribution in [2.45, 2.75) is 187 Å². The second-order valence-electron chi connectivity index (χ2n) is 14.4. The summed E-state index contributed by atoms with van der Waals surface area (Å²) in [6, 6.07) is -1.48. The molecule has 3 unspecified atom stereocenters. The number of aliphatic carboxylic acids is 1. The van der Waals surface area contributed by atoms with Crippen LogP contribution < -0.4 is 5.73 Å². The fourth-order valence-electron chi connectivity index (χ4n) is 5.65. The van der Waals surface area contributed by atoms with Gasteiger partial charge in [-0.3, -0.25) is 18.6 Å². The van der Waals surface area contributed by atoms with Crippen LogP contribution in [0.1, 0.15) is 174 Å². The molecule has 0 heterocycles. The van der Waals surface area contributed by atoms with Crippen LogP contribution in [-0.2, 0) is 32.7 Å². The van der Waals surface area contributed by atoms with Gasteiger partial charge in [0.2, 0.25) is 0 Å². The minimum atomic E-state index is -4.63. The van der Waals surface area contributed by atoms with Gasteiger partial charge in [-0.15, -0.1) is 0 Å². The maximum Gasteiger partial charge on any atom is 0.472 e. The van der Waals surface area contributed by atoms with Gasteiger partial charge in [0.1, 0.15) is 12.1 Å². The predicted octanol–water partition coefficient (Wildman–Crippen LogP) is 12.0. The first-order chi connectivity index (χ1) is 27.2. The minimum Gasteiger partial charge on any atom is -0.480 e. The van der Waals surface area contributed by atoms with E-state index in [2.05, 4.69) is 74.6 Å². The van der Waals surface area contributed by atoms with Crippen molar-refractivity contribution >= 4 is 19.8 Å². The van der Waals surface area contributed by atoms with E-state index in [1.807, 2.05) is 0 Å². The summed E-state index contributed by atoms with van der Waals surface area (Å²) < 4.78 is 33.3. The summed E-state index contributed by atoms with van der Waals surface area (Å²) in [6.07, 6.45) is 48.5. The first-order valence-electron chi connectivity index (χ1n) is 21.8. The standard InChI is InChI=1S/C45H80NO9P/c1-3-5-7-9-11-13-15-17-19-21-22-23-25-27-29-31-33-35-37-44(47)55-42(40-53-56(50,51)54-41-43(46)45(48)49)39-52-38-36-34-32-30-28-26-24-20-18-16-14-12-10-8-6-4-2/h6,8,12,14,18-21,26,28,42-43H,3-5,7,9-11,13,15-17,22-25,27,29-41,46H2,1-2H3,(H,48,49)(H,50,51)/b8-6-,14-12-,20-18-,21-19-,28-26-. The number of nitrogens with two attached hydrogens (primary N) is 1. The summed E-state index contributed by atoms with van der Waals surface area (Å²) >= 11 is 0. The molecule has 10 nitrogen and oxygen atoms in total. The third-order valence-electron chi connectivity index (χ3n) is 9.03. The van der Waals surface area contributed by atoms with Gasteiger partial charge in [-0.25, -0.2) is 4.57 Å². The Hall–Kier alpha value is -2.33. The van der Waals surface area contributed by atoms with Gasteiger partial charge in [0, 0.05) is 13.0 Å². The van der Waals surface area contributed by atoms with Crippen LogP contribution in [0, 0.1) is 0 Å². The highest BCUT2D eigenvalue weighted by Gasteiger charge is 2.27. The molecular formula is C45H80NO9P. The average molecular weight is 810 g/mol. The lowest BCUT2D eigenvalue weighted by Crippen LogP contribution is -2.34. The SMILES string of the molecule is CC/C=C\C/C=C\C/C=C\C/C=C\CCCCCOCC(COP(=O)(O)OCC(N)C(=O)O)OC(=O)CCCCCCCCC/C=C\CCCCCCCCC. The van der Waals surface area contributed by atoms with Crippen molar-refractivity contribution in [1.82, 2.24) is 0 Å². The third-order valence-corrected chi connectivity index (χ3v) is 9.98. The summed E-state index contributed by atoms with van der Waals surface area (Å²) in [5, 5.41) is 8.89. The highest BCUT2D eigenvalue weighted by molar-refractivity contribution is 7.47. The molecule has 0 aliphatic heterocycles. The van der Waals surface area contributed by atoms with Crippen molar-refractivity contribution in [3.8, 4) is 0 Å². The number of carbonyl (C=O) groups excluding carboxylic acids is 1. The second-order valence-corrected chi connectivity index (χ2v) is 15.9. The minimum absolute atomic E-state index is 0.00837. The zero-order valence-electron chi connectivity index (χ0n) is 35.2. The van der Waals surface area contributed by atoms with Crippen LogP contribution >= 0.6 is 7.82 Å².